The Balaban J connectivity index is 2.17. The van der Waals surface area contributed by atoms with E-state index in [0.29, 0.717) is 0 Å². The van der Waals surface area contributed by atoms with Crippen molar-refractivity contribution in [2.45, 2.75) is 6.43 Å². The van der Waals surface area contributed by atoms with E-state index in [0.717, 1.165) is 18.3 Å². The van der Waals surface area contributed by atoms with Crippen molar-refractivity contribution in [3.8, 4) is 11.1 Å². The molecule has 3 rings (SSSR count). The molecule has 0 aliphatic carbocycles. The molecule has 0 spiro atoms. The lowest BCUT2D eigenvalue weighted by Gasteiger charge is -2.09. The van der Waals surface area contributed by atoms with Crippen LogP contribution in [0, 0.1) is 11.6 Å². The smallest absolute Gasteiger partial charge is 0.371 e. The Hall–Kier alpha value is -2.97. The Morgan fingerprint density at radius 1 is 1.26 bits per heavy atom. The minimum absolute atomic E-state index is 0.0720. The molecule has 3 aromatic rings. The van der Waals surface area contributed by atoms with Crippen molar-refractivity contribution in [1.82, 2.24) is 15.0 Å². The van der Waals surface area contributed by atoms with Crippen molar-refractivity contribution in [3.05, 3.63) is 47.4 Å². The number of carboxylic acid groups (broad SMARTS) is 1. The maximum atomic E-state index is 14.1. The van der Waals surface area contributed by atoms with E-state index in [-0.39, 0.29) is 28.1 Å². The normalized spacial score (nSPS) is 11.3. The van der Waals surface area contributed by atoms with Crippen LogP contribution in [-0.4, -0.2) is 26.0 Å². The van der Waals surface area contributed by atoms with Gasteiger partial charge in [-0.3, -0.25) is 0 Å². The predicted molar refractivity (Wildman–Crippen MR) is 71.2 cm³/mol. The predicted octanol–water partition coefficient (Wildman–Crippen LogP) is 3.54. The number of alkyl halides is 2. The molecule has 0 saturated heterocycles. The average Bonchev–Trinajstić information content (AvgIpc) is 2.90. The fraction of sp³-hybridized carbons (Fsp3) is 0.0714. The molecule has 0 unspecified atom stereocenters. The summed E-state index contributed by atoms with van der Waals surface area (Å²) in [5, 5.41) is 8.84. The molecule has 0 aliphatic rings. The highest BCUT2D eigenvalue weighted by atomic mass is 19.3. The lowest BCUT2D eigenvalue weighted by Crippen LogP contribution is -1.99. The van der Waals surface area contributed by atoms with Gasteiger partial charge >= 0.3 is 5.97 Å². The number of hydrogen-bond acceptors (Lipinski definition) is 3. The van der Waals surface area contributed by atoms with Gasteiger partial charge < -0.3 is 10.1 Å². The summed E-state index contributed by atoms with van der Waals surface area (Å²) < 4.78 is 53.0. The second kappa shape index (κ2) is 5.34. The van der Waals surface area contributed by atoms with E-state index in [2.05, 4.69) is 15.0 Å². The molecule has 0 aliphatic heterocycles. The van der Waals surface area contributed by atoms with E-state index in [1.54, 1.807) is 0 Å². The van der Waals surface area contributed by atoms with Gasteiger partial charge in [-0.2, -0.15) is 0 Å². The van der Waals surface area contributed by atoms with E-state index in [4.69, 9.17) is 5.11 Å². The topological polar surface area (TPSA) is 78.9 Å². The van der Waals surface area contributed by atoms with Crippen molar-refractivity contribution in [1.29, 1.82) is 0 Å². The largest absolute Gasteiger partial charge is 0.475 e. The third-order valence-electron chi connectivity index (χ3n) is 3.20. The Labute approximate surface area is 125 Å². The van der Waals surface area contributed by atoms with Crippen LogP contribution in [0.4, 0.5) is 17.6 Å². The number of hydrogen-bond donors (Lipinski definition) is 2. The van der Waals surface area contributed by atoms with E-state index < -0.39 is 29.6 Å². The lowest BCUT2D eigenvalue weighted by atomic mass is 10.0. The van der Waals surface area contributed by atoms with Gasteiger partial charge in [0.1, 0.15) is 11.6 Å². The number of fused-ring (bicyclic) bond motifs is 1. The quantitative estimate of drug-likeness (QED) is 0.722. The molecule has 0 fully saturated rings. The van der Waals surface area contributed by atoms with Crippen LogP contribution >= 0.6 is 0 Å². The first kappa shape index (κ1) is 14.9. The maximum absolute atomic E-state index is 14.1. The van der Waals surface area contributed by atoms with Crippen LogP contribution in [0.3, 0.4) is 0 Å². The van der Waals surface area contributed by atoms with Gasteiger partial charge in [-0.15, -0.1) is 0 Å². The molecule has 2 aromatic heterocycles. The Kier molecular flexibility index (Phi) is 3.47. The van der Waals surface area contributed by atoms with Crippen LogP contribution in [0.15, 0.2) is 24.4 Å². The standard InChI is InChI=1S/C14H7F4N3O2/c15-7-2-1-6(10(16)9(7)11(17)18)5-3-8-12(19-4-5)21-13(20-8)14(22)23/h1-4,11H,(H,22,23)(H,19,20,21). The van der Waals surface area contributed by atoms with Gasteiger partial charge in [0.15, 0.2) is 5.65 Å². The van der Waals surface area contributed by atoms with Gasteiger partial charge in [0.05, 0.1) is 11.1 Å². The summed E-state index contributed by atoms with van der Waals surface area (Å²) >= 11 is 0. The van der Waals surface area contributed by atoms with E-state index >= 15 is 0 Å². The molecule has 2 heterocycles. The highest BCUT2D eigenvalue weighted by Crippen LogP contribution is 2.32. The summed E-state index contributed by atoms with van der Waals surface area (Å²) in [5.74, 6) is -4.40. The third kappa shape index (κ3) is 2.50. The number of halogens is 4. The van der Waals surface area contributed by atoms with E-state index in [1.807, 2.05) is 0 Å². The number of carboxylic acids is 1. The van der Waals surface area contributed by atoms with Gasteiger partial charge in [-0.05, 0) is 18.2 Å². The summed E-state index contributed by atoms with van der Waals surface area (Å²) in [6.07, 6.45) is -2.17. The molecule has 1 aromatic carbocycles. The molecule has 0 bridgehead atoms. The Morgan fingerprint density at radius 3 is 2.65 bits per heavy atom. The molecule has 0 amide bonds. The van der Waals surface area contributed by atoms with Crippen molar-refractivity contribution in [2.24, 2.45) is 0 Å². The number of pyridine rings is 1. The molecule has 0 atom stereocenters. The molecule has 0 saturated carbocycles. The van der Waals surface area contributed by atoms with Crippen LogP contribution < -0.4 is 0 Å². The van der Waals surface area contributed by atoms with Crippen LogP contribution in [-0.2, 0) is 0 Å². The second-order valence-electron chi connectivity index (χ2n) is 4.61. The molecule has 0 radical (unpaired) electrons. The van der Waals surface area contributed by atoms with Crippen LogP contribution in [0.2, 0.25) is 0 Å². The van der Waals surface area contributed by atoms with Gasteiger partial charge in [-0.25, -0.2) is 32.3 Å². The number of H-pyrrole nitrogens is 1. The van der Waals surface area contributed by atoms with Crippen LogP contribution in [0.5, 0.6) is 0 Å². The van der Waals surface area contributed by atoms with Crippen molar-refractivity contribution in [2.75, 3.05) is 0 Å². The number of aromatic amines is 1. The summed E-state index contributed by atoms with van der Waals surface area (Å²) in [7, 11) is 0. The minimum Gasteiger partial charge on any atom is -0.475 e. The average molecular weight is 325 g/mol. The van der Waals surface area contributed by atoms with Crippen LogP contribution in [0.25, 0.3) is 22.3 Å². The molecule has 118 valence electrons. The number of nitrogens with one attached hydrogen (secondary N) is 1. The van der Waals surface area contributed by atoms with Crippen molar-refractivity contribution >= 4 is 17.1 Å². The molecular formula is C14H7F4N3O2. The zero-order valence-electron chi connectivity index (χ0n) is 11.1. The number of rotatable bonds is 3. The number of carbonyl (C=O) groups is 1. The number of aromatic carboxylic acids is 1. The fourth-order valence-corrected chi connectivity index (χ4v) is 2.14. The zero-order valence-corrected chi connectivity index (χ0v) is 11.1. The molecular weight excluding hydrogens is 318 g/mol. The first-order valence-electron chi connectivity index (χ1n) is 6.24. The van der Waals surface area contributed by atoms with Gasteiger partial charge in [0.25, 0.3) is 6.43 Å². The summed E-state index contributed by atoms with van der Waals surface area (Å²) in [6.45, 7) is 0. The highest BCUT2D eigenvalue weighted by molar-refractivity contribution is 5.88. The second-order valence-corrected chi connectivity index (χ2v) is 4.61. The van der Waals surface area contributed by atoms with Crippen molar-refractivity contribution < 1.29 is 27.5 Å². The molecule has 9 heteroatoms. The van der Waals surface area contributed by atoms with Crippen molar-refractivity contribution in [3.63, 3.8) is 0 Å². The number of nitrogens with zero attached hydrogens (tertiary/aromatic N) is 2. The number of benzene rings is 1. The maximum Gasteiger partial charge on any atom is 0.371 e. The summed E-state index contributed by atoms with van der Waals surface area (Å²) in [5.41, 5.74) is -1.26. The Morgan fingerprint density at radius 2 is 2.00 bits per heavy atom. The molecule has 2 N–H and O–H groups in total. The number of imidazole rings is 1. The Bertz CT molecular complexity index is 924. The first-order valence-corrected chi connectivity index (χ1v) is 6.24. The zero-order chi connectivity index (χ0) is 16.7. The lowest BCUT2D eigenvalue weighted by molar-refractivity contribution is 0.0685. The van der Waals surface area contributed by atoms with E-state index in [1.165, 1.54) is 6.07 Å². The van der Waals surface area contributed by atoms with E-state index in [9.17, 15) is 22.4 Å². The summed E-state index contributed by atoms with van der Waals surface area (Å²) in [4.78, 5) is 20.8. The monoisotopic (exact) mass is 325 g/mol. The third-order valence-corrected chi connectivity index (χ3v) is 3.20. The first-order chi connectivity index (χ1) is 10.9. The molecule has 5 nitrogen and oxygen atoms in total. The van der Waals surface area contributed by atoms with Gasteiger partial charge in [0.2, 0.25) is 5.82 Å². The highest BCUT2D eigenvalue weighted by Gasteiger charge is 2.23. The molecule has 23 heavy (non-hydrogen) atoms. The number of aromatic nitrogens is 3. The van der Waals surface area contributed by atoms with Crippen LogP contribution in [0.1, 0.15) is 22.6 Å². The fourth-order valence-electron chi connectivity index (χ4n) is 2.14. The minimum atomic E-state index is -3.31. The summed E-state index contributed by atoms with van der Waals surface area (Å²) in [6, 6.07) is 3.04. The van der Waals surface area contributed by atoms with Gasteiger partial charge in [0, 0.05) is 17.3 Å². The SMILES string of the molecule is O=C(O)c1nc2ncc(-c3ccc(F)c(C(F)F)c3F)cc2[nH]1. The van der Waals surface area contributed by atoms with Gasteiger partial charge in [-0.1, -0.05) is 0 Å².